The molecule has 0 fully saturated rings. The van der Waals surface area contributed by atoms with E-state index in [1.54, 1.807) is 18.2 Å². The number of benzene rings is 3. The number of sulfonamides is 2. The van der Waals surface area contributed by atoms with Crippen LogP contribution in [0.4, 0.5) is 11.4 Å². The zero-order valence-corrected chi connectivity index (χ0v) is 19.6. The van der Waals surface area contributed by atoms with Gasteiger partial charge in [0.1, 0.15) is 11.5 Å². The summed E-state index contributed by atoms with van der Waals surface area (Å²) >= 11 is 6.03. The predicted octanol–water partition coefficient (Wildman–Crippen LogP) is 4.35. The fourth-order valence-electron chi connectivity index (χ4n) is 2.77. The molecule has 0 unspecified atom stereocenters. The van der Waals surface area contributed by atoms with Gasteiger partial charge in [-0.25, -0.2) is 16.8 Å². The van der Waals surface area contributed by atoms with E-state index < -0.39 is 20.0 Å². The lowest BCUT2D eigenvalue weighted by atomic mass is 10.3. The second-order valence-electron chi connectivity index (χ2n) is 6.46. The topological polar surface area (TPSA) is 111 Å². The van der Waals surface area contributed by atoms with Crippen LogP contribution in [0.1, 0.15) is 6.92 Å². The van der Waals surface area contributed by atoms with E-state index in [0.717, 1.165) is 0 Å². The van der Waals surface area contributed by atoms with Gasteiger partial charge >= 0.3 is 0 Å². The van der Waals surface area contributed by atoms with Crippen LogP contribution in [0.3, 0.4) is 0 Å². The van der Waals surface area contributed by atoms with E-state index in [1.165, 1.54) is 55.6 Å². The smallest absolute Gasteiger partial charge is 0.262 e. The van der Waals surface area contributed by atoms with Crippen LogP contribution in [-0.2, 0) is 20.0 Å². The molecular formula is C21H21ClN2O6S2. The van der Waals surface area contributed by atoms with Gasteiger partial charge in [0.2, 0.25) is 0 Å². The molecule has 0 bridgehead atoms. The highest BCUT2D eigenvalue weighted by molar-refractivity contribution is 7.93. The average molecular weight is 497 g/mol. The lowest BCUT2D eigenvalue weighted by Crippen LogP contribution is -2.16. The second kappa shape index (κ2) is 9.68. The third-order valence-electron chi connectivity index (χ3n) is 4.29. The van der Waals surface area contributed by atoms with E-state index in [4.69, 9.17) is 21.1 Å². The molecule has 2 N–H and O–H groups in total. The number of rotatable bonds is 9. The van der Waals surface area contributed by atoms with E-state index in [0.29, 0.717) is 12.4 Å². The summed E-state index contributed by atoms with van der Waals surface area (Å²) in [5, 5.41) is 0.223. The molecule has 170 valence electrons. The van der Waals surface area contributed by atoms with Crippen molar-refractivity contribution in [3.63, 3.8) is 0 Å². The highest BCUT2D eigenvalue weighted by Gasteiger charge is 2.21. The maximum Gasteiger partial charge on any atom is 0.262 e. The molecule has 3 rings (SSSR count). The summed E-state index contributed by atoms with van der Waals surface area (Å²) in [6.45, 7) is 2.27. The predicted molar refractivity (Wildman–Crippen MR) is 124 cm³/mol. The van der Waals surface area contributed by atoms with Crippen LogP contribution in [0.15, 0.2) is 76.5 Å². The van der Waals surface area contributed by atoms with Crippen molar-refractivity contribution >= 4 is 43.0 Å². The van der Waals surface area contributed by atoms with Gasteiger partial charge in [-0.3, -0.25) is 9.44 Å². The molecule has 0 aliphatic rings. The lowest BCUT2D eigenvalue weighted by molar-refractivity contribution is 0.340. The Kier molecular flexibility index (Phi) is 7.17. The molecule has 0 heterocycles. The summed E-state index contributed by atoms with van der Waals surface area (Å²) in [4.78, 5) is -0.201. The minimum absolute atomic E-state index is 0.0227. The highest BCUT2D eigenvalue weighted by Crippen LogP contribution is 2.31. The van der Waals surface area contributed by atoms with Crippen LogP contribution < -0.4 is 18.9 Å². The van der Waals surface area contributed by atoms with Crippen molar-refractivity contribution in [3.8, 4) is 11.5 Å². The summed E-state index contributed by atoms with van der Waals surface area (Å²) in [6, 6.07) is 16.0. The van der Waals surface area contributed by atoms with Gasteiger partial charge in [0.05, 0.1) is 39.9 Å². The molecule has 8 nitrogen and oxygen atoms in total. The van der Waals surface area contributed by atoms with Crippen LogP contribution in [0.2, 0.25) is 5.02 Å². The Labute approximate surface area is 192 Å². The third-order valence-corrected chi connectivity index (χ3v) is 7.36. The Morgan fingerprint density at radius 3 is 2.03 bits per heavy atom. The van der Waals surface area contributed by atoms with Crippen molar-refractivity contribution in [1.82, 2.24) is 0 Å². The first-order valence-electron chi connectivity index (χ1n) is 9.37. The molecule has 0 saturated heterocycles. The highest BCUT2D eigenvalue weighted by atomic mass is 35.5. The van der Waals surface area contributed by atoms with Crippen LogP contribution in [0.5, 0.6) is 11.5 Å². The number of methoxy groups -OCH3 is 1. The number of hydrogen-bond acceptors (Lipinski definition) is 6. The SMILES string of the molecule is CCOc1ccc(S(=O)(=O)Nc2cc(S(=O)(=O)Nc3ccccc3Cl)ccc2OC)cc1. The van der Waals surface area contributed by atoms with E-state index in [2.05, 4.69) is 9.44 Å². The summed E-state index contributed by atoms with van der Waals surface area (Å²) in [5.41, 5.74) is 0.157. The molecule has 11 heteroatoms. The Bertz CT molecular complexity index is 1310. The van der Waals surface area contributed by atoms with Crippen molar-refractivity contribution in [2.24, 2.45) is 0 Å². The van der Waals surface area contributed by atoms with Crippen molar-refractivity contribution in [1.29, 1.82) is 0 Å². The minimum atomic E-state index is -4.06. The third kappa shape index (κ3) is 5.45. The van der Waals surface area contributed by atoms with Gasteiger partial charge < -0.3 is 9.47 Å². The first kappa shape index (κ1) is 23.7. The maximum atomic E-state index is 12.8. The fourth-order valence-corrected chi connectivity index (χ4v) is 5.17. The van der Waals surface area contributed by atoms with E-state index >= 15 is 0 Å². The van der Waals surface area contributed by atoms with Gasteiger partial charge in [-0.1, -0.05) is 23.7 Å². The van der Waals surface area contributed by atoms with Crippen molar-refractivity contribution in [3.05, 3.63) is 71.8 Å². The van der Waals surface area contributed by atoms with Gasteiger partial charge in [0.15, 0.2) is 0 Å². The molecule has 0 aliphatic heterocycles. The summed E-state index contributed by atoms with van der Waals surface area (Å²) in [6.07, 6.45) is 0. The van der Waals surface area contributed by atoms with Crippen LogP contribution in [0, 0.1) is 0 Å². The number of halogens is 1. The first-order chi connectivity index (χ1) is 15.2. The van der Waals surface area contributed by atoms with Crippen molar-refractivity contribution in [2.75, 3.05) is 23.2 Å². The summed E-state index contributed by atoms with van der Waals surface area (Å²) in [5.74, 6) is 0.680. The molecule has 0 aliphatic carbocycles. The Hall–Kier alpha value is -2.95. The summed E-state index contributed by atoms with van der Waals surface area (Å²) < 4.78 is 66.7. The van der Waals surface area contributed by atoms with Crippen molar-refractivity contribution < 1.29 is 26.3 Å². The zero-order valence-electron chi connectivity index (χ0n) is 17.2. The van der Waals surface area contributed by atoms with Crippen LogP contribution in [0.25, 0.3) is 0 Å². The molecule has 0 radical (unpaired) electrons. The maximum absolute atomic E-state index is 12.8. The van der Waals surface area contributed by atoms with Gasteiger partial charge in [0.25, 0.3) is 20.0 Å². The fraction of sp³-hybridized carbons (Fsp3) is 0.143. The minimum Gasteiger partial charge on any atom is -0.495 e. The molecule has 32 heavy (non-hydrogen) atoms. The van der Waals surface area contributed by atoms with Gasteiger partial charge in [-0.15, -0.1) is 0 Å². The normalized spacial score (nSPS) is 11.6. The number of nitrogens with one attached hydrogen (secondary N) is 2. The van der Waals surface area contributed by atoms with Gasteiger partial charge in [-0.2, -0.15) is 0 Å². The van der Waals surface area contributed by atoms with E-state index in [1.807, 2.05) is 6.92 Å². The first-order valence-corrected chi connectivity index (χ1v) is 12.7. The average Bonchev–Trinajstić information content (AvgIpc) is 2.75. The molecule has 3 aromatic rings. The van der Waals surface area contributed by atoms with Crippen LogP contribution in [-0.4, -0.2) is 30.6 Å². The number of ether oxygens (including phenoxy) is 2. The Morgan fingerprint density at radius 2 is 1.41 bits per heavy atom. The standard InChI is InChI=1S/C21H21ClN2O6S2/c1-3-30-15-8-10-16(11-9-15)31(25,26)24-20-14-17(12-13-21(20)29-2)32(27,28)23-19-7-5-4-6-18(19)22/h4-14,23-24H,3H2,1-2H3. The Balaban J connectivity index is 1.93. The second-order valence-corrected chi connectivity index (χ2v) is 10.2. The largest absolute Gasteiger partial charge is 0.495 e. The Morgan fingerprint density at radius 1 is 0.812 bits per heavy atom. The molecule has 3 aromatic carbocycles. The van der Waals surface area contributed by atoms with Crippen molar-refractivity contribution in [2.45, 2.75) is 16.7 Å². The van der Waals surface area contributed by atoms with Gasteiger partial charge in [0, 0.05) is 0 Å². The quantitative estimate of drug-likeness (QED) is 0.455. The number of anilines is 2. The number of para-hydroxylation sites is 1. The van der Waals surface area contributed by atoms with Crippen LogP contribution >= 0.6 is 11.6 Å². The monoisotopic (exact) mass is 496 g/mol. The molecule has 0 spiro atoms. The molecule has 0 saturated carbocycles. The molecule has 0 aromatic heterocycles. The summed E-state index contributed by atoms with van der Waals surface area (Å²) in [7, 11) is -6.74. The lowest BCUT2D eigenvalue weighted by Gasteiger charge is -2.15. The molecule has 0 atom stereocenters. The zero-order chi connectivity index (χ0) is 23.4. The number of hydrogen-bond donors (Lipinski definition) is 2. The van der Waals surface area contributed by atoms with E-state index in [-0.39, 0.29) is 31.9 Å². The van der Waals surface area contributed by atoms with Gasteiger partial charge in [-0.05, 0) is 61.5 Å². The molecule has 0 amide bonds. The van der Waals surface area contributed by atoms with E-state index in [9.17, 15) is 16.8 Å². The molecular weight excluding hydrogens is 476 g/mol.